The lowest BCUT2D eigenvalue weighted by Crippen LogP contribution is -2.21. The molecule has 1 aromatic heterocycles. The number of nitrogens with zero attached hydrogens (tertiary/aromatic N) is 2. The number of ether oxygens (including phenoxy) is 1. The highest BCUT2D eigenvalue weighted by molar-refractivity contribution is 5.61. The molecule has 4 N–H and O–H groups in total. The van der Waals surface area contributed by atoms with Crippen LogP contribution in [-0.4, -0.2) is 40.0 Å². The van der Waals surface area contributed by atoms with E-state index in [9.17, 15) is 9.50 Å². The standard InChI is InChI=1S/C22H25FN4O3/c1-22(2,14-29)15-6-8-16(9-7-15)25-20-19(23)13-24-21(27-20)26-17-4-3-5-18(12-17)30-11-10-28/h3-9,12-13,28-29H,10-11,14H2,1-2H3,(H2,24,25,26,27). The lowest BCUT2D eigenvalue weighted by atomic mass is 9.85. The number of aromatic nitrogens is 2. The smallest absolute Gasteiger partial charge is 0.229 e. The summed E-state index contributed by atoms with van der Waals surface area (Å²) in [6.07, 6.45) is 1.09. The van der Waals surface area contributed by atoms with Gasteiger partial charge in [0.2, 0.25) is 5.95 Å². The molecule has 0 aliphatic rings. The molecule has 0 amide bonds. The van der Waals surface area contributed by atoms with Gasteiger partial charge in [-0.25, -0.2) is 9.37 Å². The number of hydrogen-bond donors (Lipinski definition) is 4. The van der Waals surface area contributed by atoms with Crippen molar-refractivity contribution >= 4 is 23.1 Å². The summed E-state index contributed by atoms with van der Waals surface area (Å²) in [5, 5.41) is 24.3. The molecule has 0 unspecified atom stereocenters. The molecule has 158 valence electrons. The third-order valence-electron chi connectivity index (χ3n) is 4.52. The van der Waals surface area contributed by atoms with Gasteiger partial charge in [-0.2, -0.15) is 4.98 Å². The predicted octanol–water partition coefficient (Wildman–Crippen LogP) is 3.74. The Labute approximate surface area is 174 Å². The zero-order valence-electron chi connectivity index (χ0n) is 16.9. The monoisotopic (exact) mass is 412 g/mol. The number of benzene rings is 2. The molecule has 0 fully saturated rings. The van der Waals surface area contributed by atoms with Crippen molar-refractivity contribution in [3.63, 3.8) is 0 Å². The van der Waals surface area contributed by atoms with Crippen LogP contribution in [0.15, 0.2) is 54.7 Å². The molecule has 30 heavy (non-hydrogen) atoms. The van der Waals surface area contributed by atoms with Crippen LogP contribution in [0.1, 0.15) is 19.4 Å². The third kappa shape index (κ3) is 5.43. The van der Waals surface area contributed by atoms with Gasteiger partial charge in [-0.1, -0.05) is 32.0 Å². The van der Waals surface area contributed by atoms with Gasteiger partial charge in [-0.15, -0.1) is 0 Å². The number of aliphatic hydroxyl groups excluding tert-OH is 2. The zero-order chi connectivity index (χ0) is 21.6. The van der Waals surface area contributed by atoms with Gasteiger partial charge in [0.05, 0.1) is 19.4 Å². The van der Waals surface area contributed by atoms with Gasteiger partial charge < -0.3 is 25.6 Å². The Kier molecular flexibility index (Phi) is 6.81. The molecule has 0 spiro atoms. The fraction of sp³-hybridized carbons (Fsp3) is 0.273. The average Bonchev–Trinajstić information content (AvgIpc) is 2.75. The topological polar surface area (TPSA) is 99.5 Å². The third-order valence-corrected chi connectivity index (χ3v) is 4.52. The molecule has 2 aromatic carbocycles. The van der Waals surface area contributed by atoms with Crippen LogP contribution in [0.3, 0.4) is 0 Å². The quantitative estimate of drug-likeness (QED) is 0.425. The molecule has 0 aliphatic heterocycles. The zero-order valence-corrected chi connectivity index (χ0v) is 16.9. The Morgan fingerprint density at radius 3 is 2.50 bits per heavy atom. The summed E-state index contributed by atoms with van der Waals surface area (Å²) in [5.74, 6) is 0.256. The second-order valence-electron chi connectivity index (χ2n) is 7.36. The Morgan fingerprint density at radius 1 is 1.03 bits per heavy atom. The van der Waals surface area contributed by atoms with E-state index in [1.165, 1.54) is 0 Å². The Balaban J connectivity index is 1.74. The van der Waals surface area contributed by atoms with Crippen molar-refractivity contribution in [2.24, 2.45) is 0 Å². The normalized spacial score (nSPS) is 11.2. The molecule has 0 atom stereocenters. The van der Waals surface area contributed by atoms with Crippen LogP contribution in [0.25, 0.3) is 0 Å². The average molecular weight is 412 g/mol. The fourth-order valence-corrected chi connectivity index (χ4v) is 2.70. The van der Waals surface area contributed by atoms with E-state index in [0.717, 1.165) is 11.8 Å². The lowest BCUT2D eigenvalue weighted by molar-refractivity contribution is 0.201. The highest BCUT2D eigenvalue weighted by Gasteiger charge is 2.19. The number of nitrogens with one attached hydrogen (secondary N) is 2. The minimum Gasteiger partial charge on any atom is -0.491 e. The molecular weight excluding hydrogens is 387 g/mol. The van der Waals surface area contributed by atoms with E-state index >= 15 is 0 Å². The van der Waals surface area contributed by atoms with E-state index < -0.39 is 5.82 Å². The van der Waals surface area contributed by atoms with Gasteiger partial charge in [0.1, 0.15) is 12.4 Å². The molecule has 8 heteroatoms. The largest absolute Gasteiger partial charge is 0.491 e. The van der Waals surface area contributed by atoms with Crippen molar-refractivity contribution in [2.45, 2.75) is 19.3 Å². The maximum Gasteiger partial charge on any atom is 0.229 e. The SMILES string of the molecule is CC(C)(CO)c1ccc(Nc2nc(Nc3cccc(OCCO)c3)ncc2F)cc1. The van der Waals surface area contributed by atoms with E-state index in [1.54, 1.807) is 24.3 Å². The molecule has 0 bridgehead atoms. The van der Waals surface area contributed by atoms with Crippen molar-refractivity contribution in [3.05, 3.63) is 66.1 Å². The Bertz CT molecular complexity index is 980. The molecule has 0 saturated carbocycles. The van der Waals surface area contributed by atoms with Crippen molar-refractivity contribution in [1.29, 1.82) is 0 Å². The summed E-state index contributed by atoms with van der Waals surface area (Å²) >= 11 is 0. The van der Waals surface area contributed by atoms with Crippen LogP contribution < -0.4 is 15.4 Å². The number of aliphatic hydroxyl groups is 2. The maximum absolute atomic E-state index is 14.2. The molecule has 3 rings (SSSR count). The van der Waals surface area contributed by atoms with E-state index in [1.807, 2.05) is 38.1 Å². The highest BCUT2D eigenvalue weighted by Crippen LogP contribution is 2.26. The Morgan fingerprint density at radius 2 is 1.80 bits per heavy atom. The summed E-state index contributed by atoms with van der Waals surface area (Å²) in [5.41, 5.74) is 1.95. The van der Waals surface area contributed by atoms with Crippen LogP contribution in [0, 0.1) is 5.82 Å². The molecule has 7 nitrogen and oxygen atoms in total. The fourth-order valence-electron chi connectivity index (χ4n) is 2.70. The van der Waals surface area contributed by atoms with Crippen molar-refractivity contribution < 1.29 is 19.3 Å². The molecule has 3 aromatic rings. The number of anilines is 4. The van der Waals surface area contributed by atoms with Crippen LogP contribution in [0.4, 0.5) is 27.5 Å². The van der Waals surface area contributed by atoms with Gasteiger partial charge in [0.15, 0.2) is 11.6 Å². The number of halogens is 1. The van der Waals surface area contributed by atoms with E-state index in [2.05, 4.69) is 20.6 Å². The number of hydrogen-bond acceptors (Lipinski definition) is 7. The predicted molar refractivity (Wildman–Crippen MR) is 114 cm³/mol. The molecule has 0 radical (unpaired) electrons. The lowest BCUT2D eigenvalue weighted by Gasteiger charge is -2.22. The second kappa shape index (κ2) is 9.51. The highest BCUT2D eigenvalue weighted by atomic mass is 19.1. The Hall–Kier alpha value is -3.23. The molecule has 0 saturated heterocycles. The summed E-state index contributed by atoms with van der Waals surface area (Å²) in [6, 6.07) is 14.5. The molecule has 0 aliphatic carbocycles. The second-order valence-corrected chi connectivity index (χ2v) is 7.36. The summed E-state index contributed by atoms with van der Waals surface area (Å²) < 4.78 is 19.6. The van der Waals surface area contributed by atoms with Crippen molar-refractivity contribution in [3.8, 4) is 5.75 Å². The van der Waals surface area contributed by atoms with Crippen molar-refractivity contribution in [2.75, 3.05) is 30.5 Å². The number of rotatable bonds is 9. The van der Waals surface area contributed by atoms with Gasteiger partial charge in [0, 0.05) is 22.9 Å². The van der Waals surface area contributed by atoms with Crippen LogP contribution in [0.5, 0.6) is 5.75 Å². The molecular formula is C22H25FN4O3. The van der Waals surface area contributed by atoms with Crippen LogP contribution in [-0.2, 0) is 5.41 Å². The maximum atomic E-state index is 14.2. The minimum absolute atomic E-state index is 0.0293. The summed E-state index contributed by atoms with van der Waals surface area (Å²) in [7, 11) is 0. The van der Waals surface area contributed by atoms with Gasteiger partial charge in [0.25, 0.3) is 0 Å². The first-order valence-corrected chi connectivity index (χ1v) is 9.53. The molecule has 1 heterocycles. The summed E-state index contributed by atoms with van der Waals surface area (Å²) in [6.45, 7) is 4.04. The van der Waals surface area contributed by atoms with Gasteiger partial charge >= 0.3 is 0 Å². The van der Waals surface area contributed by atoms with E-state index in [0.29, 0.717) is 17.1 Å². The van der Waals surface area contributed by atoms with E-state index in [4.69, 9.17) is 9.84 Å². The van der Waals surface area contributed by atoms with Crippen LogP contribution in [0.2, 0.25) is 0 Å². The van der Waals surface area contributed by atoms with Gasteiger partial charge in [-0.3, -0.25) is 0 Å². The first kappa shape index (κ1) is 21.5. The van der Waals surface area contributed by atoms with E-state index in [-0.39, 0.29) is 37.0 Å². The van der Waals surface area contributed by atoms with Crippen molar-refractivity contribution in [1.82, 2.24) is 9.97 Å². The first-order chi connectivity index (χ1) is 14.4. The van der Waals surface area contributed by atoms with Gasteiger partial charge in [-0.05, 0) is 29.8 Å². The first-order valence-electron chi connectivity index (χ1n) is 9.53. The van der Waals surface area contributed by atoms with Crippen LogP contribution >= 0.6 is 0 Å². The summed E-state index contributed by atoms with van der Waals surface area (Å²) in [4.78, 5) is 8.19. The minimum atomic E-state index is -0.583.